The molecule has 0 bridgehead atoms. The predicted octanol–water partition coefficient (Wildman–Crippen LogP) is 4.46. The van der Waals surface area contributed by atoms with Gasteiger partial charge < -0.3 is 20.3 Å². The number of aromatic nitrogens is 2. The van der Waals surface area contributed by atoms with Crippen LogP contribution >= 0.6 is 22.9 Å². The van der Waals surface area contributed by atoms with Crippen molar-refractivity contribution in [3.8, 4) is 16.2 Å². The van der Waals surface area contributed by atoms with E-state index in [-0.39, 0.29) is 24.3 Å². The molecule has 1 amide bonds. The maximum Gasteiger partial charge on any atom is 0.260 e. The zero-order chi connectivity index (χ0) is 23.7. The van der Waals surface area contributed by atoms with Crippen LogP contribution in [0.2, 0.25) is 5.02 Å². The van der Waals surface area contributed by atoms with Gasteiger partial charge in [-0.2, -0.15) is 4.98 Å². The number of carbonyl (C=O) groups is 1. The lowest BCUT2D eigenvalue weighted by molar-refractivity contribution is -0.133. The van der Waals surface area contributed by atoms with E-state index >= 15 is 0 Å². The van der Waals surface area contributed by atoms with E-state index < -0.39 is 0 Å². The van der Waals surface area contributed by atoms with Crippen LogP contribution in [-0.4, -0.2) is 53.6 Å². The predicted molar refractivity (Wildman–Crippen MR) is 133 cm³/mol. The second-order valence-electron chi connectivity index (χ2n) is 7.85. The van der Waals surface area contributed by atoms with Gasteiger partial charge in [-0.3, -0.25) is 4.79 Å². The molecule has 10 heteroatoms. The van der Waals surface area contributed by atoms with Gasteiger partial charge in [-0.25, -0.2) is 9.37 Å². The zero-order valence-corrected chi connectivity index (χ0v) is 19.7. The molecule has 7 nitrogen and oxygen atoms in total. The molecule has 3 heterocycles. The number of anilines is 2. The van der Waals surface area contributed by atoms with Crippen molar-refractivity contribution < 1.29 is 13.9 Å². The minimum Gasteiger partial charge on any atom is -0.484 e. The van der Waals surface area contributed by atoms with E-state index in [9.17, 15) is 9.18 Å². The number of piperazine rings is 1. The second-order valence-corrected chi connectivity index (χ2v) is 9.32. The summed E-state index contributed by atoms with van der Waals surface area (Å²) in [5, 5.41) is 1.51. The van der Waals surface area contributed by atoms with E-state index in [0.29, 0.717) is 37.0 Å². The number of benzene rings is 2. The number of thiophene rings is 1. The molecule has 1 saturated heterocycles. The standard InChI is InChI=1S/C24H21ClFN5O2S/c25-16-3-7-18(8-4-16)33-14-21(32)30-9-11-31(12-10-30)22-19-13-20(15-1-5-17(26)6-2-15)34-23(19)29-24(27)28-22/h1-8,13H,9-12,14H2,(H2,27,28,29). The molecule has 4 aromatic rings. The van der Waals surface area contributed by atoms with Crippen molar-refractivity contribution >= 4 is 50.8 Å². The van der Waals surface area contributed by atoms with Crippen LogP contribution in [0, 0.1) is 5.82 Å². The molecular formula is C24H21ClFN5O2S. The first-order valence-electron chi connectivity index (χ1n) is 10.7. The molecule has 1 fully saturated rings. The monoisotopic (exact) mass is 497 g/mol. The molecule has 2 N–H and O–H groups in total. The highest BCUT2D eigenvalue weighted by Crippen LogP contribution is 2.37. The number of halogens is 2. The molecule has 174 valence electrons. The molecule has 0 aliphatic carbocycles. The van der Waals surface area contributed by atoms with E-state index in [1.807, 2.05) is 6.07 Å². The van der Waals surface area contributed by atoms with Gasteiger partial charge in [0.05, 0.1) is 5.39 Å². The number of amides is 1. The molecule has 0 spiro atoms. The van der Waals surface area contributed by atoms with Crippen molar-refractivity contribution in [3.05, 3.63) is 65.4 Å². The van der Waals surface area contributed by atoms with Crippen molar-refractivity contribution in [2.24, 2.45) is 0 Å². The van der Waals surface area contributed by atoms with E-state index in [1.165, 1.54) is 23.5 Å². The van der Waals surface area contributed by atoms with Crippen molar-refractivity contribution in [1.29, 1.82) is 0 Å². The van der Waals surface area contributed by atoms with Gasteiger partial charge in [-0.1, -0.05) is 23.7 Å². The lowest BCUT2D eigenvalue weighted by Crippen LogP contribution is -2.50. The van der Waals surface area contributed by atoms with Crippen LogP contribution in [0.5, 0.6) is 5.75 Å². The Hall–Kier alpha value is -3.43. The van der Waals surface area contributed by atoms with Crippen molar-refractivity contribution in [2.75, 3.05) is 43.4 Å². The van der Waals surface area contributed by atoms with Gasteiger partial charge in [-0.15, -0.1) is 11.3 Å². The second kappa shape index (κ2) is 9.44. The number of fused-ring (bicyclic) bond motifs is 1. The number of rotatable bonds is 5. The maximum absolute atomic E-state index is 13.3. The summed E-state index contributed by atoms with van der Waals surface area (Å²) in [6.45, 7) is 2.28. The normalized spacial score (nSPS) is 13.9. The Bertz CT molecular complexity index is 1320. The number of nitrogens with two attached hydrogens (primary N) is 1. The summed E-state index contributed by atoms with van der Waals surface area (Å²) in [7, 11) is 0. The number of hydrogen-bond acceptors (Lipinski definition) is 7. The van der Waals surface area contributed by atoms with Crippen LogP contribution in [-0.2, 0) is 4.79 Å². The van der Waals surface area contributed by atoms with Crippen LogP contribution in [0.4, 0.5) is 16.2 Å². The topological polar surface area (TPSA) is 84.6 Å². The van der Waals surface area contributed by atoms with E-state index in [2.05, 4.69) is 14.9 Å². The third-order valence-electron chi connectivity index (χ3n) is 5.63. The number of hydrogen-bond donors (Lipinski definition) is 1. The summed E-state index contributed by atoms with van der Waals surface area (Å²) in [6, 6.07) is 15.3. The molecule has 2 aromatic heterocycles. The van der Waals surface area contributed by atoms with Crippen LogP contribution in [0.15, 0.2) is 54.6 Å². The molecule has 5 rings (SSSR count). The van der Waals surface area contributed by atoms with Crippen molar-refractivity contribution in [2.45, 2.75) is 0 Å². The molecular weight excluding hydrogens is 477 g/mol. The maximum atomic E-state index is 13.3. The smallest absolute Gasteiger partial charge is 0.260 e. The Labute approximate surface area is 204 Å². The minimum atomic E-state index is -0.277. The summed E-state index contributed by atoms with van der Waals surface area (Å²) in [4.78, 5) is 27.1. The van der Waals surface area contributed by atoms with Crippen LogP contribution in [0.3, 0.4) is 0 Å². The largest absolute Gasteiger partial charge is 0.484 e. The summed E-state index contributed by atoms with van der Waals surface area (Å²) in [6.07, 6.45) is 0. The Morgan fingerprint density at radius 1 is 1.06 bits per heavy atom. The average Bonchev–Trinajstić information content (AvgIpc) is 3.27. The lowest BCUT2D eigenvalue weighted by Gasteiger charge is -2.35. The fourth-order valence-corrected chi connectivity index (χ4v) is 5.02. The molecule has 1 aliphatic heterocycles. The molecule has 1 aliphatic rings. The summed E-state index contributed by atoms with van der Waals surface area (Å²) in [5.74, 6) is 1.20. The quantitative estimate of drug-likeness (QED) is 0.438. The molecule has 0 atom stereocenters. The van der Waals surface area contributed by atoms with Gasteiger partial charge in [-0.05, 0) is 48.0 Å². The highest BCUT2D eigenvalue weighted by Gasteiger charge is 2.25. The Balaban J connectivity index is 1.28. The van der Waals surface area contributed by atoms with Gasteiger partial charge in [0.25, 0.3) is 5.91 Å². The SMILES string of the molecule is Nc1nc(N2CCN(C(=O)COc3ccc(Cl)cc3)CC2)c2cc(-c3ccc(F)cc3)sc2n1. The lowest BCUT2D eigenvalue weighted by atomic mass is 10.1. The van der Waals surface area contributed by atoms with Gasteiger partial charge in [0, 0.05) is 36.1 Å². The molecule has 2 aromatic carbocycles. The first kappa shape index (κ1) is 22.4. The number of carbonyl (C=O) groups excluding carboxylic acids is 1. The highest BCUT2D eigenvalue weighted by molar-refractivity contribution is 7.22. The number of nitrogen functional groups attached to an aromatic ring is 1. The van der Waals surface area contributed by atoms with E-state index in [0.717, 1.165) is 26.5 Å². The summed E-state index contributed by atoms with van der Waals surface area (Å²) < 4.78 is 18.9. The first-order valence-corrected chi connectivity index (χ1v) is 11.9. The molecule has 0 radical (unpaired) electrons. The van der Waals surface area contributed by atoms with Crippen LogP contribution in [0.25, 0.3) is 20.7 Å². The van der Waals surface area contributed by atoms with E-state index in [1.54, 1.807) is 41.3 Å². The van der Waals surface area contributed by atoms with Gasteiger partial charge in [0.15, 0.2) is 6.61 Å². The Morgan fingerprint density at radius 3 is 2.47 bits per heavy atom. The van der Waals surface area contributed by atoms with Crippen molar-refractivity contribution in [3.63, 3.8) is 0 Å². The van der Waals surface area contributed by atoms with Gasteiger partial charge in [0.2, 0.25) is 5.95 Å². The number of ether oxygens (including phenoxy) is 1. The average molecular weight is 498 g/mol. The van der Waals surface area contributed by atoms with Crippen molar-refractivity contribution in [1.82, 2.24) is 14.9 Å². The Morgan fingerprint density at radius 2 is 1.76 bits per heavy atom. The van der Waals surface area contributed by atoms with Crippen LogP contribution in [0.1, 0.15) is 0 Å². The zero-order valence-electron chi connectivity index (χ0n) is 18.1. The minimum absolute atomic E-state index is 0.0299. The first-order chi connectivity index (χ1) is 16.5. The highest BCUT2D eigenvalue weighted by atomic mass is 35.5. The molecule has 34 heavy (non-hydrogen) atoms. The van der Waals surface area contributed by atoms with Crippen LogP contribution < -0.4 is 15.4 Å². The fourth-order valence-electron chi connectivity index (χ4n) is 3.85. The summed E-state index contributed by atoms with van der Waals surface area (Å²) >= 11 is 7.37. The third kappa shape index (κ3) is 4.76. The van der Waals surface area contributed by atoms with Gasteiger partial charge >= 0.3 is 0 Å². The van der Waals surface area contributed by atoms with E-state index in [4.69, 9.17) is 22.1 Å². The Kier molecular flexibility index (Phi) is 6.21. The third-order valence-corrected chi connectivity index (χ3v) is 6.96. The molecule has 0 unspecified atom stereocenters. The number of nitrogens with zero attached hydrogens (tertiary/aromatic N) is 4. The van der Waals surface area contributed by atoms with Gasteiger partial charge in [0.1, 0.15) is 22.2 Å². The molecule has 0 saturated carbocycles. The summed E-state index contributed by atoms with van der Waals surface area (Å²) in [5.41, 5.74) is 6.91. The fraction of sp³-hybridized carbons (Fsp3) is 0.208.